The van der Waals surface area contributed by atoms with E-state index in [1.54, 1.807) is 19.4 Å². The zero-order valence-electron chi connectivity index (χ0n) is 10.6. The van der Waals surface area contributed by atoms with Crippen molar-refractivity contribution in [1.82, 2.24) is 5.32 Å². The maximum absolute atomic E-state index is 14.0. The van der Waals surface area contributed by atoms with Gasteiger partial charge in [-0.15, -0.1) is 0 Å². The Balaban J connectivity index is 2.51. The van der Waals surface area contributed by atoms with E-state index in [-0.39, 0.29) is 10.0 Å². The summed E-state index contributed by atoms with van der Waals surface area (Å²) in [5.74, 6) is -0.184. The molecule has 0 spiro atoms. The van der Waals surface area contributed by atoms with Gasteiger partial charge >= 0.3 is 0 Å². The quantitative estimate of drug-likeness (QED) is 0.851. The van der Waals surface area contributed by atoms with Gasteiger partial charge in [-0.25, -0.2) is 8.78 Å². The van der Waals surface area contributed by atoms with Crippen LogP contribution in [0.5, 0.6) is 0 Å². The van der Waals surface area contributed by atoms with Crippen molar-refractivity contribution in [2.45, 2.75) is 19.4 Å². The number of furan rings is 1. The molecule has 2 rings (SSSR count). The van der Waals surface area contributed by atoms with E-state index in [9.17, 15) is 8.78 Å². The van der Waals surface area contributed by atoms with Crippen molar-refractivity contribution in [1.29, 1.82) is 0 Å². The van der Waals surface area contributed by atoms with Crippen LogP contribution in [-0.2, 0) is 6.42 Å². The average Bonchev–Trinajstić information content (AvgIpc) is 2.84. The molecule has 0 amide bonds. The molecule has 1 aromatic heterocycles. The molecule has 1 aromatic carbocycles. The Hall–Kier alpha value is -1.20. The fourth-order valence-corrected chi connectivity index (χ4v) is 2.45. The summed E-state index contributed by atoms with van der Waals surface area (Å²) in [5.41, 5.74) is 1.09. The molecular weight excluding hydrogens is 316 g/mol. The fraction of sp³-hybridized carbons (Fsp3) is 0.286. The summed E-state index contributed by atoms with van der Waals surface area (Å²) in [6.45, 7) is 1.95. The highest BCUT2D eigenvalue weighted by atomic mass is 79.9. The van der Waals surface area contributed by atoms with Gasteiger partial charge < -0.3 is 9.73 Å². The van der Waals surface area contributed by atoms with Crippen molar-refractivity contribution in [3.05, 3.63) is 57.5 Å². The lowest BCUT2D eigenvalue weighted by Gasteiger charge is -2.18. The van der Waals surface area contributed by atoms with Gasteiger partial charge in [0, 0.05) is 17.5 Å². The Bertz CT molecular complexity index is 583. The van der Waals surface area contributed by atoms with Crippen LogP contribution in [0.3, 0.4) is 0 Å². The topological polar surface area (TPSA) is 25.2 Å². The second-order valence-electron chi connectivity index (χ2n) is 4.16. The number of rotatable bonds is 4. The minimum Gasteiger partial charge on any atom is -0.469 e. The number of benzene rings is 1. The summed E-state index contributed by atoms with van der Waals surface area (Å²) in [5, 5.41) is 3.00. The standard InChI is InChI=1S/C14H14BrF2NO/c1-3-13-8(4-5-19-13)14(18-2)9-6-12(17)10(15)7-11(9)16/h4-7,14,18H,3H2,1-2H3. The third-order valence-corrected chi connectivity index (χ3v) is 3.66. The maximum atomic E-state index is 14.0. The van der Waals surface area contributed by atoms with Crippen LogP contribution in [0.4, 0.5) is 8.78 Å². The Labute approximate surface area is 118 Å². The van der Waals surface area contributed by atoms with Crippen molar-refractivity contribution in [2.75, 3.05) is 7.05 Å². The Morgan fingerprint density at radius 3 is 2.63 bits per heavy atom. The molecule has 0 radical (unpaired) electrons. The lowest BCUT2D eigenvalue weighted by Crippen LogP contribution is -2.20. The molecule has 1 unspecified atom stereocenters. The molecule has 102 valence electrons. The van der Waals surface area contributed by atoms with E-state index in [0.29, 0.717) is 6.42 Å². The molecule has 0 aliphatic rings. The minimum absolute atomic E-state index is 0.117. The molecule has 2 aromatic rings. The van der Waals surface area contributed by atoms with E-state index in [0.717, 1.165) is 17.4 Å². The largest absolute Gasteiger partial charge is 0.469 e. The first-order chi connectivity index (χ1) is 9.08. The summed E-state index contributed by atoms with van der Waals surface area (Å²) in [4.78, 5) is 0. The lowest BCUT2D eigenvalue weighted by molar-refractivity contribution is 0.500. The van der Waals surface area contributed by atoms with Crippen LogP contribution in [0.25, 0.3) is 0 Å². The van der Waals surface area contributed by atoms with Gasteiger partial charge in [-0.2, -0.15) is 0 Å². The van der Waals surface area contributed by atoms with Crippen LogP contribution in [0.15, 0.2) is 33.4 Å². The van der Waals surface area contributed by atoms with Gasteiger partial charge in [-0.1, -0.05) is 6.92 Å². The summed E-state index contributed by atoms with van der Waals surface area (Å²) < 4.78 is 33.1. The first-order valence-electron chi connectivity index (χ1n) is 5.96. The molecule has 0 aliphatic carbocycles. The van der Waals surface area contributed by atoms with Crippen molar-refractivity contribution >= 4 is 15.9 Å². The van der Waals surface area contributed by atoms with Crippen molar-refractivity contribution in [3.8, 4) is 0 Å². The number of hydrogen-bond acceptors (Lipinski definition) is 2. The normalized spacial score (nSPS) is 12.7. The van der Waals surface area contributed by atoms with Crippen molar-refractivity contribution in [2.24, 2.45) is 0 Å². The molecule has 19 heavy (non-hydrogen) atoms. The molecule has 2 nitrogen and oxygen atoms in total. The van der Waals surface area contributed by atoms with Gasteiger partial charge in [0.1, 0.15) is 17.4 Å². The Kier molecular flexibility index (Phi) is 4.37. The third-order valence-electron chi connectivity index (χ3n) is 3.05. The maximum Gasteiger partial charge on any atom is 0.137 e. The number of aryl methyl sites for hydroxylation is 1. The molecule has 0 aliphatic heterocycles. The summed E-state index contributed by atoms with van der Waals surface area (Å²) >= 11 is 2.97. The fourth-order valence-electron chi connectivity index (χ4n) is 2.13. The zero-order chi connectivity index (χ0) is 14.0. The highest BCUT2D eigenvalue weighted by Crippen LogP contribution is 2.30. The van der Waals surface area contributed by atoms with Crippen LogP contribution in [0.1, 0.15) is 29.9 Å². The van der Waals surface area contributed by atoms with Crippen molar-refractivity contribution < 1.29 is 13.2 Å². The van der Waals surface area contributed by atoms with Crippen molar-refractivity contribution in [3.63, 3.8) is 0 Å². The van der Waals surface area contributed by atoms with E-state index in [1.165, 1.54) is 6.07 Å². The molecular formula is C14H14BrF2NO. The first-order valence-corrected chi connectivity index (χ1v) is 6.75. The SMILES string of the molecule is CCc1occc1C(NC)c1cc(F)c(Br)cc1F. The predicted molar refractivity (Wildman–Crippen MR) is 73.0 cm³/mol. The van der Waals surface area contributed by atoms with Crippen LogP contribution in [-0.4, -0.2) is 7.05 Å². The average molecular weight is 330 g/mol. The minimum atomic E-state index is -0.488. The monoisotopic (exact) mass is 329 g/mol. The zero-order valence-corrected chi connectivity index (χ0v) is 12.2. The highest BCUT2D eigenvalue weighted by Gasteiger charge is 2.22. The highest BCUT2D eigenvalue weighted by molar-refractivity contribution is 9.10. The summed E-state index contributed by atoms with van der Waals surface area (Å²) in [6.07, 6.45) is 2.26. The van der Waals surface area contributed by atoms with Gasteiger partial charge in [0.15, 0.2) is 0 Å². The van der Waals surface area contributed by atoms with Gasteiger partial charge in [0.2, 0.25) is 0 Å². The van der Waals surface area contributed by atoms with Crippen LogP contribution < -0.4 is 5.32 Å². The summed E-state index contributed by atoms with van der Waals surface area (Å²) in [7, 11) is 1.70. The first kappa shape index (κ1) is 14.2. The molecule has 0 fully saturated rings. The number of nitrogens with one attached hydrogen (secondary N) is 1. The molecule has 0 saturated carbocycles. The van der Waals surface area contributed by atoms with Crippen LogP contribution in [0, 0.1) is 11.6 Å². The van der Waals surface area contributed by atoms with Crippen LogP contribution >= 0.6 is 15.9 Å². The smallest absolute Gasteiger partial charge is 0.137 e. The van der Waals surface area contributed by atoms with Crippen LogP contribution in [0.2, 0.25) is 0 Å². The predicted octanol–water partition coefficient (Wildman–Crippen LogP) is 4.19. The van der Waals surface area contributed by atoms with Gasteiger partial charge in [-0.3, -0.25) is 0 Å². The van der Waals surface area contributed by atoms with E-state index in [1.807, 2.05) is 6.92 Å². The van der Waals surface area contributed by atoms with Gasteiger partial charge in [0.25, 0.3) is 0 Å². The molecule has 1 atom stereocenters. The van der Waals surface area contributed by atoms with E-state index >= 15 is 0 Å². The van der Waals surface area contributed by atoms with E-state index in [4.69, 9.17) is 4.42 Å². The molecule has 5 heteroatoms. The molecule has 0 saturated heterocycles. The molecule has 0 bridgehead atoms. The Morgan fingerprint density at radius 1 is 1.26 bits per heavy atom. The van der Waals surface area contributed by atoms with Gasteiger partial charge in [0.05, 0.1) is 16.8 Å². The molecule has 1 N–H and O–H groups in total. The van der Waals surface area contributed by atoms with E-state index < -0.39 is 17.7 Å². The number of hydrogen-bond donors (Lipinski definition) is 1. The second-order valence-corrected chi connectivity index (χ2v) is 5.02. The Morgan fingerprint density at radius 2 is 2.00 bits per heavy atom. The lowest BCUT2D eigenvalue weighted by atomic mass is 9.98. The van der Waals surface area contributed by atoms with Gasteiger partial charge in [-0.05, 0) is 41.2 Å². The van der Waals surface area contributed by atoms with E-state index in [2.05, 4.69) is 21.2 Å². The third kappa shape index (κ3) is 2.72. The molecule has 1 heterocycles. The summed E-state index contributed by atoms with van der Waals surface area (Å²) in [6, 6.07) is 3.68. The second kappa shape index (κ2) is 5.84. The number of halogens is 3.